The van der Waals surface area contributed by atoms with Gasteiger partial charge in [0.05, 0.1) is 0 Å². The summed E-state index contributed by atoms with van der Waals surface area (Å²) in [6.07, 6.45) is 12.1. The minimum absolute atomic E-state index is 0. The summed E-state index contributed by atoms with van der Waals surface area (Å²) < 4.78 is 1.74. The SMILES string of the molecule is CN=C(NCc1ccnc(-n2cccn2)c1)NC1CCN(C(=O)C2CCCCC2)C1.I. The summed E-state index contributed by atoms with van der Waals surface area (Å²) in [7, 11) is 1.77. The van der Waals surface area contributed by atoms with Crippen LogP contribution in [0, 0.1) is 5.92 Å². The fourth-order valence-corrected chi connectivity index (χ4v) is 4.36. The lowest BCUT2D eigenvalue weighted by Crippen LogP contribution is -2.45. The molecule has 0 spiro atoms. The molecule has 0 bridgehead atoms. The van der Waals surface area contributed by atoms with E-state index < -0.39 is 0 Å². The highest BCUT2D eigenvalue weighted by molar-refractivity contribution is 14.0. The summed E-state index contributed by atoms with van der Waals surface area (Å²) in [6.45, 7) is 2.23. The van der Waals surface area contributed by atoms with Crippen molar-refractivity contribution in [3.63, 3.8) is 0 Å². The van der Waals surface area contributed by atoms with Crippen molar-refractivity contribution in [1.29, 1.82) is 0 Å². The molecular weight excluding hydrogens is 505 g/mol. The lowest BCUT2D eigenvalue weighted by Gasteiger charge is -2.26. The maximum atomic E-state index is 12.8. The Kier molecular flexibility index (Phi) is 8.68. The number of guanidine groups is 1. The fourth-order valence-electron chi connectivity index (χ4n) is 4.36. The maximum Gasteiger partial charge on any atom is 0.225 e. The fraction of sp³-hybridized carbons (Fsp3) is 0.545. The van der Waals surface area contributed by atoms with E-state index in [2.05, 4.69) is 25.7 Å². The van der Waals surface area contributed by atoms with Gasteiger partial charge in [-0.25, -0.2) is 9.67 Å². The minimum atomic E-state index is 0. The lowest BCUT2D eigenvalue weighted by molar-refractivity contribution is -0.135. The first kappa shape index (κ1) is 23.5. The number of pyridine rings is 1. The van der Waals surface area contributed by atoms with Gasteiger partial charge in [-0.3, -0.25) is 9.79 Å². The molecule has 1 saturated carbocycles. The highest BCUT2D eigenvalue weighted by atomic mass is 127. The van der Waals surface area contributed by atoms with Crippen molar-refractivity contribution in [1.82, 2.24) is 30.3 Å². The Bertz CT molecular complexity index is 865. The predicted octanol–water partition coefficient (Wildman–Crippen LogP) is 2.73. The number of aromatic nitrogens is 3. The Hall–Kier alpha value is -2.17. The Morgan fingerprint density at radius 3 is 2.81 bits per heavy atom. The van der Waals surface area contributed by atoms with Crippen LogP contribution in [-0.2, 0) is 11.3 Å². The van der Waals surface area contributed by atoms with Gasteiger partial charge < -0.3 is 15.5 Å². The van der Waals surface area contributed by atoms with Gasteiger partial charge in [-0.05, 0) is 43.0 Å². The van der Waals surface area contributed by atoms with E-state index >= 15 is 0 Å². The summed E-state index contributed by atoms with van der Waals surface area (Å²) in [5.74, 6) is 2.13. The number of rotatable bonds is 5. The molecule has 1 amide bonds. The highest BCUT2D eigenvalue weighted by Crippen LogP contribution is 2.26. The molecule has 2 aromatic heterocycles. The van der Waals surface area contributed by atoms with Crippen LogP contribution in [0.2, 0.25) is 0 Å². The zero-order valence-electron chi connectivity index (χ0n) is 18.0. The zero-order chi connectivity index (χ0) is 20.8. The second-order valence-corrected chi connectivity index (χ2v) is 8.15. The number of likely N-dealkylation sites (tertiary alicyclic amines) is 1. The van der Waals surface area contributed by atoms with Crippen molar-refractivity contribution in [3.8, 4) is 5.82 Å². The smallest absolute Gasteiger partial charge is 0.225 e. The highest BCUT2D eigenvalue weighted by Gasteiger charge is 2.31. The van der Waals surface area contributed by atoms with E-state index in [1.807, 2.05) is 29.3 Å². The summed E-state index contributed by atoms with van der Waals surface area (Å²) in [4.78, 5) is 23.5. The van der Waals surface area contributed by atoms with Gasteiger partial charge in [0.15, 0.2) is 11.8 Å². The van der Waals surface area contributed by atoms with Crippen LogP contribution in [0.3, 0.4) is 0 Å². The molecule has 0 aromatic carbocycles. The van der Waals surface area contributed by atoms with Crippen LogP contribution in [0.25, 0.3) is 5.82 Å². The summed E-state index contributed by atoms with van der Waals surface area (Å²) in [5, 5.41) is 11.1. The van der Waals surface area contributed by atoms with E-state index in [0.29, 0.717) is 12.5 Å². The van der Waals surface area contributed by atoms with Gasteiger partial charge in [-0.15, -0.1) is 24.0 Å². The number of aliphatic imine (C=N–C) groups is 1. The Morgan fingerprint density at radius 1 is 1.23 bits per heavy atom. The van der Waals surface area contributed by atoms with Crippen LogP contribution in [0.1, 0.15) is 44.1 Å². The van der Waals surface area contributed by atoms with Gasteiger partial charge in [0, 0.05) is 57.2 Å². The number of carbonyl (C=O) groups is 1. The van der Waals surface area contributed by atoms with Crippen LogP contribution in [-0.4, -0.2) is 57.7 Å². The molecule has 3 heterocycles. The molecular formula is C22H32IN7O. The van der Waals surface area contributed by atoms with E-state index in [1.54, 1.807) is 24.1 Å². The minimum Gasteiger partial charge on any atom is -0.352 e. The molecule has 2 aromatic rings. The molecule has 0 radical (unpaired) electrons. The first-order valence-corrected chi connectivity index (χ1v) is 10.9. The third-order valence-electron chi connectivity index (χ3n) is 6.03. The average Bonchev–Trinajstić information content (AvgIpc) is 3.49. The number of halogens is 1. The third kappa shape index (κ3) is 6.18. The second kappa shape index (κ2) is 11.4. The molecule has 1 saturated heterocycles. The first-order valence-electron chi connectivity index (χ1n) is 10.9. The van der Waals surface area contributed by atoms with Crippen molar-refractivity contribution in [2.75, 3.05) is 20.1 Å². The van der Waals surface area contributed by atoms with Crippen LogP contribution in [0.5, 0.6) is 0 Å². The van der Waals surface area contributed by atoms with Crippen molar-refractivity contribution in [2.24, 2.45) is 10.9 Å². The third-order valence-corrected chi connectivity index (χ3v) is 6.03. The molecule has 9 heteroatoms. The lowest BCUT2D eigenvalue weighted by atomic mass is 9.88. The Morgan fingerprint density at radius 2 is 2.06 bits per heavy atom. The van der Waals surface area contributed by atoms with Gasteiger partial charge >= 0.3 is 0 Å². The number of hydrogen-bond donors (Lipinski definition) is 2. The molecule has 4 rings (SSSR count). The molecule has 168 valence electrons. The van der Waals surface area contributed by atoms with Gasteiger partial charge in [0.2, 0.25) is 5.91 Å². The van der Waals surface area contributed by atoms with E-state index in [0.717, 1.165) is 49.7 Å². The van der Waals surface area contributed by atoms with E-state index in [1.165, 1.54) is 19.3 Å². The molecule has 2 fully saturated rings. The Balaban J connectivity index is 0.00000272. The van der Waals surface area contributed by atoms with E-state index in [9.17, 15) is 4.79 Å². The summed E-state index contributed by atoms with van der Waals surface area (Å²) >= 11 is 0. The molecule has 31 heavy (non-hydrogen) atoms. The van der Waals surface area contributed by atoms with E-state index in [-0.39, 0.29) is 35.9 Å². The van der Waals surface area contributed by atoms with Crippen molar-refractivity contribution in [2.45, 2.75) is 51.1 Å². The van der Waals surface area contributed by atoms with Crippen LogP contribution >= 0.6 is 24.0 Å². The average molecular weight is 537 g/mol. The molecule has 1 unspecified atom stereocenters. The maximum absolute atomic E-state index is 12.8. The zero-order valence-corrected chi connectivity index (χ0v) is 20.4. The molecule has 1 aliphatic carbocycles. The molecule has 1 atom stereocenters. The standard InChI is InChI=1S/C22H31N7O.HI/c1-23-22(25-15-17-8-11-24-20(14-17)29-12-5-10-26-29)27-19-9-13-28(16-19)21(30)18-6-3-2-4-7-18;/h5,8,10-12,14,18-19H,2-4,6-7,9,13,15-16H2,1H3,(H2,23,25,27);1H. The van der Waals surface area contributed by atoms with Crippen molar-refractivity contribution >= 4 is 35.8 Å². The van der Waals surface area contributed by atoms with Gasteiger partial charge in [0.25, 0.3) is 0 Å². The number of amides is 1. The number of carbonyl (C=O) groups excluding carboxylic acids is 1. The molecule has 1 aliphatic heterocycles. The van der Waals surface area contributed by atoms with Gasteiger partial charge in [0.1, 0.15) is 0 Å². The summed E-state index contributed by atoms with van der Waals surface area (Å²) in [5.41, 5.74) is 1.10. The largest absolute Gasteiger partial charge is 0.352 e. The van der Waals surface area contributed by atoms with Gasteiger partial charge in [-0.1, -0.05) is 19.3 Å². The van der Waals surface area contributed by atoms with Crippen molar-refractivity contribution in [3.05, 3.63) is 42.4 Å². The van der Waals surface area contributed by atoms with Crippen molar-refractivity contribution < 1.29 is 4.79 Å². The van der Waals surface area contributed by atoms with Crippen LogP contribution < -0.4 is 10.6 Å². The van der Waals surface area contributed by atoms with Crippen LogP contribution in [0.4, 0.5) is 0 Å². The number of nitrogens with zero attached hydrogens (tertiary/aromatic N) is 5. The predicted molar refractivity (Wildman–Crippen MR) is 132 cm³/mol. The number of nitrogens with one attached hydrogen (secondary N) is 2. The monoisotopic (exact) mass is 537 g/mol. The second-order valence-electron chi connectivity index (χ2n) is 8.15. The van der Waals surface area contributed by atoms with Gasteiger partial charge in [-0.2, -0.15) is 5.10 Å². The normalized spacial score (nSPS) is 19.7. The Labute approximate surface area is 200 Å². The molecule has 2 aliphatic rings. The molecule has 8 nitrogen and oxygen atoms in total. The first-order chi connectivity index (χ1) is 14.7. The molecule has 2 N–H and O–H groups in total. The van der Waals surface area contributed by atoms with Crippen LogP contribution in [0.15, 0.2) is 41.8 Å². The van der Waals surface area contributed by atoms with E-state index in [4.69, 9.17) is 0 Å². The summed E-state index contributed by atoms with van der Waals surface area (Å²) in [6, 6.07) is 6.10. The topological polar surface area (TPSA) is 87.4 Å². The number of hydrogen-bond acceptors (Lipinski definition) is 4. The quantitative estimate of drug-likeness (QED) is 0.348.